The second-order valence-electron chi connectivity index (χ2n) is 8.90. The fourth-order valence-electron chi connectivity index (χ4n) is 3.50. The molecule has 0 bridgehead atoms. The predicted molar refractivity (Wildman–Crippen MR) is 118 cm³/mol. The summed E-state index contributed by atoms with van der Waals surface area (Å²) < 4.78 is 27.2. The molecule has 1 saturated carbocycles. The highest BCUT2D eigenvalue weighted by Crippen LogP contribution is 2.24. The summed E-state index contributed by atoms with van der Waals surface area (Å²) >= 11 is 0. The van der Waals surface area contributed by atoms with Gasteiger partial charge in [0.25, 0.3) is 0 Å². The van der Waals surface area contributed by atoms with E-state index in [1.54, 1.807) is 12.1 Å². The van der Waals surface area contributed by atoms with Crippen molar-refractivity contribution in [2.75, 3.05) is 19.6 Å². The Morgan fingerprint density at radius 2 is 1.53 bits per heavy atom. The van der Waals surface area contributed by atoms with Crippen molar-refractivity contribution < 1.29 is 18.0 Å². The number of hydrogen-bond donors (Lipinski definition) is 3. The Bertz CT molecular complexity index is 808. The molecule has 2 amide bonds. The van der Waals surface area contributed by atoms with Gasteiger partial charge >= 0.3 is 0 Å². The molecule has 3 N–H and O–H groups in total. The molecule has 8 heteroatoms. The SMILES string of the molecule is CC(C)(C)c1ccc(S(=O)(=O)NCCC(=O)NCCNC(=O)C2CCCCC2)cc1. The van der Waals surface area contributed by atoms with E-state index in [1.165, 1.54) is 6.42 Å². The Morgan fingerprint density at radius 3 is 2.13 bits per heavy atom. The molecule has 0 heterocycles. The smallest absolute Gasteiger partial charge is 0.240 e. The van der Waals surface area contributed by atoms with E-state index in [4.69, 9.17) is 0 Å². The number of benzene rings is 1. The van der Waals surface area contributed by atoms with Crippen molar-refractivity contribution in [3.8, 4) is 0 Å². The summed E-state index contributed by atoms with van der Waals surface area (Å²) in [6.45, 7) is 6.92. The Hall–Kier alpha value is -1.93. The summed E-state index contributed by atoms with van der Waals surface area (Å²) in [7, 11) is -3.65. The van der Waals surface area contributed by atoms with Crippen LogP contribution in [0, 0.1) is 5.92 Å². The first-order chi connectivity index (χ1) is 14.1. The van der Waals surface area contributed by atoms with Gasteiger partial charge in [0.05, 0.1) is 4.90 Å². The standard InChI is InChI=1S/C22H35N3O4S/c1-22(2,3)18-9-11-19(12-10-18)30(28,29)25-14-13-20(26)23-15-16-24-21(27)17-7-5-4-6-8-17/h9-12,17,25H,4-8,13-16H2,1-3H3,(H,23,26)(H,24,27). The average Bonchev–Trinajstić information content (AvgIpc) is 2.71. The van der Waals surface area contributed by atoms with Gasteiger partial charge in [-0.3, -0.25) is 9.59 Å². The fourth-order valence-corrected chi connectivity index (χ4v) is 4.53. The minimum Gasteiger partial charge on any atom is -0.354 e. The van der Waals surface area contributed by atoms with E-state index < -0.39 is 10.0 Å². The predicted octanol–water partition coefficient (Wildman–Crippen LogP) is 2.47. The van der Waals surface area contributed by atoms with Crippen LogP contribution in [0.5, 0.6) is 0 Å². The van der Waals surface area contributed by atoms with Crippen molar-refractivity contribution in [3.63, 3.8) is 0 Å². The first kappa shape index (κ1) is 24.3. The lowest BCUT2D eigenvalue weighted by molar-refractivity contribution is -0.126. The van der Waals surface area contributed by atoms with Crippen molar-refractivity contribution in [3.05, 3.63) is 29.8 Å². The van der Waals surface area contributed by atoms with Gasteiger partial charge in [-0.15, -0.1) is 0 Å². The summed E-state index contributed by atoms with van der Waals surface area (Å²) in [4.78, 5) is 24.1. The molecule has 1 aliphatic carbocycles. The number of carbonyl (C=O) groups is 2. The monoisotopic (exact) mass is 437 g/mol. The van der Waals surface area contributed by atoms with Gasteiger partial charge in [0, 0.05) is 32.0 Å². The molecule has 1 aromatic carbocycles. The highest BCUT2D eigenvalue weighted by Gasteiger charge is 2.20. The van der Waals surface area contributed by atoms with E-state index in [0.29, 0.717) is 13.1 Å². The van der Waals surface area contributed by atoms with E-state index in [1.807, 2.05) is 12.1 Å². The molecule has 0 spiro atoms. The highest BCUT2D eigenvalue weighted by molar-refractivity contribution is 7.89. The number of amides is 2. The minimum atomic E-state index is -3.65. The van der Waals surface area contributed by atoms with Gasteiger partial charge in [-0.1, -0.05) is 52.2 Å². The molecule has 0 radical (unpaired) electrons. The summed E-state index contributed by atoms with van der Waals surface area (Å²) in [5.41, 5.74) is 1.00. The Labute approximate surface area is 180 Å². The highest BCUT2D eigenvalue weighted by atomic mass is 32.2. The van der Waals surface area contributed by atoms with Gasteiger partial charge in [0.15, 0.2) is 0 Å². The molecule has 7 nitrogen and oxygen atoms in total. The number of nitrogens with one attached hydrogen (secondary N) is 3. The molecule has 0 aromatic heterocycles. The summed E-state index contributed by atoms with van der Waals surface area (Å²) in [6, 6.07) is 6.78. The van der Waals surface area contributed by atoms with Crippen LogP contribution >= 0.6 is 0 Å². The van der Waals surface area contributed by atoms with Crippen LogP contribution < -0.4 is 15.4 Å². The lowest BCUT2D eigenvalue weighted by Gasteiger charge is -2.20. The van der Waals surface area contributed by atoms with E-state index in [9.17, 15) is 18.0 Å². The molecule has 1 fully saturated rings. The van der Waals surface area contributed by atoms with Crippen molar-refractivity contribution in [1.29, 1.82) is 0 Å². The van der Waals surface area contributed by atoms with Crippen LogP contribution in [-0.4, -0.2) is 39.9 Å². The summed E-state index contributed by atoms with van der Waals surface area (Å²) in [5.74, 6) is -0.0943. The molecular weight excluding hydrogens is 402 g/mol. The third kappa shape index (κ3) is 7.72. The molecule has 168 valence electrons. The Morgan fingerprint density at radius 1 is 0.933 bits per heavy atom. The van der Waals surface area contributed by atoms with E-state index in [-0.39, 0.29) is 41.0 Å². The van der Waals surface area contributed by atoms with Crippen LogP contribution in [0.1, 0.15) is 64.9 Å². The van der Waals surface area contributed by atoms with E-state index in [2.05, 4.69) is 36.1 Å². The molecule has 0 saturated heterocycles. The maximum atomic E-state index is 12.4. The maximum absolute atomic E-state index is 12.4. The third-order valence-electron chi connectivity index (χ3n) is 5.40. The zero-order valence-corrected chi connectivity index (χ0v) is 19.1. The van der Waals surface area contributed by atoms with E-state index in [0.717, 1.165) is 31.2 Å². The van der Waals surface area contributed by atoms with Gasteiger partial charge in [-0.05, 0) is 36.0 Å². The second-order valence-corrected chi connectivity index (χ2v) is 10.7. The quantitative estimate of drug-likeness (QED) is 0.516. The Balaban J connectivity index is 1.66. The lowest BCUT2D eigenvalue weighted by atomic mass is 9.87. The van der Waals surface area contributed by atoms with Crippen molar-refractivity contribution in [2.24, 2.45) is 5.92 Å². The molecule has 30 heavy (non-hydrogen) atoms. The molecule has 1 aliphatic rings. The molecule has 0 aliphatic heterocycles. The van der Waals surface area contributed by atoms with Crippen LogP contribution in [-0.2, 0) is 25.0 Å². The van der Waals surface area contributed by atoms with Crippen LogP contribution in [0.15, 0.2) is 29.2 Å². The van der Waals surface area contributed by atoms with Crippen LogP contribution in [0.25, 0.3) is 0 Å². The average molecular weight is 438 g/mol. The maximum Gasteiger partial charge on any atom is 0.240 e. The van der Waals surface area contributed by atoms with E-state index >= 15 is 0 Å². The Kier molecular flexibility index (Phi) is 8.85. The third-order valence-corrected chi connectivity index (χ3v) is 6.87. The van der Waals surface area contributed by atoms with Gasteiger partial charge in [-0.25, -0.2) is 13.1 Å². The fraction of sp³-hybridized carbons (Fsp3) is 0.636. The first-order valence-corrected chi connectivity index (χ1v) is 12.2. The molecule has 2 rings (SSSR count). The number of carbonyl (C=O) groups excluding carboxylic acids is 2. The molecule has 0 atom stereocenters. The number of rotatable bonds is 9. The van der Waals surface area contributed by atoms with Crippen molar-refractivity contribution >= 4 is 21.8 Å². The van der Waals surface area contributed by atoms with Gasteiger partial charge in [0.1, 0.15) is 0 Å². The topological polar surface area (TPSA) is 104 Å². The van der Waals surface area contributed by atoms with Gasteiger partial charge in [0.2, 0.25) is 21.8 Å². The zero-order chi connectivity index (χ0) is 22.2. The first-order valence-electron chi connectivity index (χ1n) is 10.7. The van der Waals surface area contributed by atoms with Crippen molar-refractivity contribution in [2.45, 2.75) is 69.6 Å². The van der Waals surface area contributed by atoms with Gasteiger partial charge in [-0.2, -0.15) is 0 Å². The van der Waals surface area contributed by atoms with Gasteiger partial charge < -0.3 is 10.6 Å². The lowest BCUT2D eigenvalue weighted by Crippen LogP contribution is -2.38. The second kappa shape index (κ2) is 10.9. The van der Waals surface area contributed by atoms with Crippen LogP contribution in [0.4, 0.5) is 0 Å². The molecule has 0 unspecified atom stereocenters. The normalized spacial score (nSPS) is 15.6. The van der Waals surface area contributed by atoms with Crippen LogP contribution in [0.2, 0.25) is 0 Å². The molecular formula is C22H35N3O4S. The van der Waals surface area contributed by atoms with Crippen molar-refractivity contribution in [1.82, 2.24) is 15.4 Å². The largest absolute Gasteiger partial charge is 0.354 e. The number of sulfonamides is 1. The number of hydrogen-bond acceptors (Lipinski definition) is 4. The zero-order valence-electron chi connectivity index (χ0n) is 18.3. The summed E-state index contributed by atoms with van der Waals surface area (Å²) in [5, 5.41) is 5.56. The molecule has 1 aromatic rings. The van der Waals surface area contributed by atoms with Crippen LogP contribution in [0.3, 0.4) is 0 Å². The summed E-state index contributed by atoms with van der Waals surface area (Å²) in [6.07, 6.45) is 5.33. The minimum absolute atomic E-state index is 0.0175.